The zero-order valence-corrected chi connectivity index (χ0v) is 11.5. The van der Waals surface area contributed by atoms with Gasteiger partial charge in [-0.25, -0.2) is 0 Å². The number of nitrogens with one attached hydrogen (secondary N) is 1. The number of carbonyl (C=O) groups is 1. The highest BCUT2D eigenvalue weighted by atomic mass is 32.2. The molecule has 8 heteroatoms. The summed E-state index contributed by atoms with van der Waals surface area (Å²) in [5.41, 5.74) is 0.808. The minimum Gasteiger partial charge on any atom is -0.480 e. The lowest BCUT2D eigenvalue weighted by Crippen LogP contribution is -2.36. The summed E-state index contributed by atoms with van der Waals surface area (Å²) in [6.07, 6.45) is 1.56. The molecule has 0 aliphatic rings. The first-order valence-corrected chi connectivity index (χ1v) is 7.14. The Morgan fingerprint density at radius 2 is 2.05 bits per heavy atom. The highest BCUT2D eigenvalue weighted by molar-refractivity contribution is 7.90. The second-order valence-corrected chi connectivity index (χ2v) is 5.92. The quantitative estimate of drug-likeness (QED) is 0.854. The molecule has 0 fully saturated rings. The number of hydrogen-bond acceptors (Lipinski definition) is 4. The fraction of sp³-hybridized carbons (Fsp3) is 0.167. The second-order valence-electron chi connectivity index (χ2n) is 4.14. The van der Waals surface area contributed by atoms with Crippen molar-refractivity contribution in [1.82, 2.24) is 9.29 Å². The summed E-state index contributed by atoms with van der Waals surface area (Å²) in [6.45, 7) is -0.618. The van der Waals surface area contributed by atoms with Gasteiger partial charge in [0.05, 0.1) is 11.2 Å². The first-order chi connectivity index (χ1) is 9.40. The zero-order chi connectivity index (χ0) is 14.8. The second kappa shape index (κ2) is 5.43. The van der Waals surface area contributed by atoms with Gasteiger partial charge in [-0.15, -0.1) is 0 Å². The van der Waals surface area contributed by atoms with Crippen LogP contribution in [0, 0.1) is 0 Å². The van der Waals surface area contributed by atoms with Crippen LogP contribution in [-0.4, -0.2) is 42.4 Å². The van der Waals surface area contributed by atoms with Gasteiger partial charge < -0.3 is 5.11 Å². The van der Waals surface area contributed by atoms with E-state index in [1.54, 1.807) is 36.5 Å². The van der Waals surface area contributed by atoms with Crippen molar-refractivity contribution in [2.24, 2.45) is 0 Å². The van der Waals surface area contributed by atoms with Crippen LogP contribution in [0.1, 0.15) is 0 Å². The van der Waals surface area contributed by atoms with E-state index in [1.165, 1.54) is 7.05 Å². The third-order valence-electron chi connectivity index (χ3n) is 2.64. The zero-order valence-electron chi connectivity index (χ0n) is 10.6. The van der Waals surface area contributed by atoms with E-state index in [0.29, 0.717) is 11.2 Å². The Kier molecular flexibility index (Phi) is 3.86. The maximum Gasteiger partial charge on any atom is 0.318 e. The van der Waals surface area contributed by atoms with Crippen molar-refractivity contribution >= 4 is 32.8 Å². The number of carboxylic acids is 1. The molecule has 1 aromatic heterocycles. The Morgan fingerprint density at radius 3 is 2.75 bits per heavy atom. The van der Waals surface area contributed by atoms with Gasteiger partial charge in [-0.2, -0.15) is 12.7 Å². The van der Waals surface area contributed by atoms with Gasteiger partial charge in [-0.1, -0.05) is 18.2 Å². The van der Waals surface area contributed by atoms with Crippen molar-refractivity contribution < 1.29 is 18.3 Å². The van der Waals surface area contributed by atoms with Gasteiger partial charge in [-0.05, 0) is 12.1 Å². The first-order valence-electron chi connectivity index (χ1n) is 5.70. The number of anilines is 1. The number of hydrogen-bond donors (Lipinski definition) is 2. The molecule has 1 heterocycles. The molecule has 2 aromatic rings. The smallest absolute Gasteiger partial charge is 0.318 e. The highest BCUT2D eigenvalue weighted by Crippen LogP contribution is 2.22. The molecule has 0 saturated heterocycles. The summed E-state index contributed by atoms with van der Waals surface area (Å²) in [5.74, 6) is -1.23. The topological polar surface area (TPSA) is 99.6 Å². The SMILES string of the molecule is CN(CC(=O)O)S(=O)(=O)Nc1cccc2cccnc12. The van der Waals surface area contributed by atoms with Crippen LogP contribution in [0.2, 0.25) is 0 Å². The lowest BCUT2D eigenvalue weighted by molar-refractivity contribution is -0.137. The minimum atomic E-state index is -3.94. The molecule has 0 spiro atoms. The van der Waals surface area contributed by atoms with Crippen LogP contribution in [0.5, 0.6) is 0 Å². The van der Waals surface area contributed by atoms with Crippen molar-refractivity contribution in [3.8, 4) is 0 Å². The molecular weight excluding hydrogens is 282 g/mol. The molecule has 0 atom stereocenters. The molecule has 0 amide bonds. The molecule has 0 bridgehead atoms. The van der Waals surface area contributed by atoms with Crippen molar-refractivity contribution in [1.29, 1.82) is 0 Å². The van der Waals surface area contributed by atoms with Crippen LogP contribution in [0.3, 0.4) is 0 Å². The van der Waals surface area contributed by atoms with Crippen LogP contribution in [-0.2, 0) is 15.0 Å². The highest BCUT2D eigenvalue weighted by Gasteiger charge is 2.21. The number of rotatable bonds is 5. The van der Waals surface area contributed by atoms with Crippen LogP contribution in [0.4, 0.5) is 5.69 Å². The predicted octanol–water partition coefficient (Wildman–Crippen LogP) is 0.908. The number of aliphatic carboxylic acids is 1. The van der Waals surface area contributed by atoms with E-state index in [0.717, 1.165) is 9.69 Å². The number of carboxylic acid groups (broad SMARTS) is 1. The summed E-state index contributed by atoms with van der Waals surface area (Å²) in [5, 5.41) is 9.42. The van der Waals surface area contributed by atoms with E-state index >= 15 is 0 Å². The van der Waals surface area contributed by atoms with Crippen LogP contribution in [0.25, 0.3) is 10.9 Å². The molecule has 2 N–H and O–H groups in total. The summed E-state index contributed by atoms with van der Waals surface area (Å²) in [6, 6.07) is 8.62. The lowest BCUT2D eigenvalue weighted by atomic mass is 10.2. The number of fused-ring (bicyclic) bond motifs is 1. The van der Waals surface area contributed by atoms with E-state index in [4.69, 9.17) is 5.11 Å². The number of pyridine rings is 1. The number of benzene rings is 1. The van der Waals surface area contributed by atoms with E-state index in [9.17, 15) is 13.2 Å². The Labute approximate surface area is 116 Å². The minimum absolute atomic E-state index is 0.306. The normalized spacial score (nSPS) is 11.7. The van der Waals surface area contributed by atoms with Gasteiger partial charge in [0.1, 0.15) is 6.54 Å². The number of para-hydroxylation sites is 1. The van der Waals surface area contributed by atoms with Crippen LogP contribution in [0.15, 0.2) is 36.5 Å². The van der Waals surface area contributed by atoms with Crippen molar-refractivity contribution in [3.05, 3.63) is 36.5 Å². The molecule has 0 aliphatic carbocycles. The summed E-state index contributed by atoms with van der Waals surface area (Å²) >= 11 is 0. The summed E-state index contributed by atoms with van der Waals surface area (Å²) < 4.78 is 27.1. The van der Waals surface area contributed by atoms with Crippen molar-refractivity contribution in [2.75, 3.05) is 18.3 Å². The maximum absolute atomic E-state index is 12.0. The standard InChI is InChI=1S/C12H13N3O4S/c1-15(8-11(16)17)20(18,19)14-10-6-2-4-9-5-3-7-13-12(9)10/h2-7,14H,8H2,1H3,(H,16,17). The van der Waals surface area contributed by atoms with Gasteiger partial charge in [0.25, 0.3) is 0 Å². The number of aromatic nitrogens is 1. The monoisotopic (exact) mass is 295 g/mol. The third-order valence-corrected chi connectivity index (χ3v) is 4.07. The Bertz CT molecular complexity index is 740. The van der Waals surface area contributed by atoms with Gasteiger partial charge >= 0.3 is 16.2 Å². The molecule has 0 unspecified atom stereocenters. The Balaban J connectivity index is 2.34. The van der Waals surface area contributed by atoms with Crippen LogP contribution >= 0.6 is 0 Å². The van der Waals surface area contributed by atoms with Crippen LogP contribution < -0.4 is 4.72 Å². The van der Waals surface area contributed by atoms with E-state index in [2.05, 4.69) is 9.71 Å². The van der Waals surface area contributed by atoms with E-state index < -0.39 is 22.7 Å². The average Bonchev–Trinajstić information content (AvgIpc) is 2.38. The van der Waals surface area contributed by atoms with Gasteiger partial charge in [0.2, 0.25) is 0 Å². The van der Waals surface area contributed by atoms with Crippen molar-refractivity contribution in [3.63, 3.8) is 0 Å². The number of nitrogens with zero attached hydrogens (tertiary/aromatic N) is 2. The largest absolute Gasteiger partial charge is 0.480 e. The molecular formula is C12H13N3O4S. The third kappa shape index (κ3) is 3.03. The predicted molar refractivity (Wildman–Crippen MR) is 74.6 cm³/mol. The Hall–Kier alpha value is -2.19. The van der Waals surface area contributed by atoms with E-state index in [-0.39, 0.29) is 0 Å². The van der Waals surface area contributed by atoms with Gasteiger partial charge in [-0.3, -0.25) is 14.5 Å². The first kappa shape index (κ1) is 14.2. The molecule has 106 valence electrons. The van der Waals surface area contributed by atoms with E-state index in [1.807, 2.05) is 0 Å². The molecule has 7 nitrogen and oxygen atoms in total. The molecule has 1 aromatic carbocycles. The molecule has 0 radical (unpaired) electrons. The molecule has 20 heavy (non-hydrogen) atoms. The maximum atomic E-state index is 12.0. The molecule has 0 aliphatic heterocycles. The average molecular weight is 295 g/mol. The van der Waals surface area contributed by atoms with Gasteiger partial charge in [0, 0.05) is 18.6 Å². The van der Waals surface area contributed by atoms with Gasteiger partial charge in [0.15, 0.2) is 0 Å². The summed E-state index contributed by atoms with van der Waals surface area (Å²) in [7, 11) is -2.75. The number of likely N-dealkylation sites (N-methyl/N-ethyl adjacent to an activating group) is 1. The fourth-order valence-corrected chi connectivity index (χ4v) is 2.56. The summed E-state index contributed by atoms with van der Waals surface area (Å²) in [4.78, 5) is 14.7. The lowest BCUT2D eigenvalue weighted by Gasteiger charge is -2.17. The Morgan fingerprint density at radius 1 is 1.35 bits per heavy atom. The molecule has 2 rings (SSSR count). The van der Waals surface area contributed by atoms with Crippen molar-refractivity contribution in [2.45, 2.75) is 0 Å². The molecule has 0 saturated carbocycles. The fourth-order valence-electron chi connectivity index (χ4n) is 1.68.